The van der Waals surface area contributed by atoms with Gasteiger partial charge in [0.15, 0.2) is 5.78 Å². The summed E-state index contributed by atoms with van der Waals surface area (Å²) in [6.07, 6.45) is 6.54. The molecule has 1 aliphatic heterocycles. The number of halogens is 1. The van der Waals surface area contributed by atoms with Gasteiger partial charge < -0.3 is 10.1 Å². The van der Waals surface area contributed by atoms with Crippen molar-refractivity contribution in [1.29, 1.82) is 0 Å². The molecule has 1 amide bonds. The van der Waals surface area contributed by atoms with Gasteiger partial charge in [0, 0.05) is 48.1 Å². The number of hydrogen-bond donors (Lipinski definition) is 1. The molecular formula is C31H39ClN2O3. The van der Waals surface area contributed by atoms with Crippen LogP contribution >= 0.6 is 11.6 Å². The van der Waals surface area contributed by atoms with Gasteiger partial charge in [-0.05, 0) is 60.1 Å². The maximum Gasteiger partial charge on any atom is 0.225 e. The lowest BCUT2D eigenvalue weighted by Gasteiger charge is -2.25. The van der Waals surface area contributed by atoms with Crippen LogP contribution in [0, 0.1) is 17.3 Å². The zero-order valence-electron chi connectivity index (χ0n) is 22.7. The molecule has 1 heterocycles. The van der Waals surface area contributed by atoms with Crippen LogP contribution in [0.25, 0.3) is 0 Å². The Morgan fingerprint density at radius 3 is 2.51 bits per heavy atom. The largest absolute Gasteiger partial charge is 0.496 e. The van der Waals surface area contributed by atoms with Gasteiger partial charge in [0.1, 0.15) is 5.75 Å². The Hall–Kier alpha value is -2.66. The Bertz CT molecular complexity index is 1200. The number of nitrogens with one attached hydrogen (secondary N) is 1. The first kappa shape index (κ1) is 27.4. The number of ketones is 1. The number of aliphatic imine (C=N–C) groups is 1. The second kappa shape index (κ2) is 11.4. The van der Waals surface area contributed by atoms with Crippen LogP contribution in [0.3, 0.4) is 0 Å². The molecule has 0 aromatic heterocycles. The highest BCUT2D eigenvalue weighted by molar-refractivity contribution is 6.34. The standard InChI is InChI=1S/C31H39ClN2O3/c1-19-6-8-20(9-7-19)13-28(35)25-17-27-22(16-26(25)32)14-24(34-27)15-23-12-21(10-11-29(23)37-5)18-33-30(36)31(2,3)4/h10-12,16-17,19-20H,6-9,13-15,18H2,1-5H3,(H,33,36). The van der Waals surface area contributed by atoms with Crippen LogP contribution in [0.4, 0.5) is 5.69 Å². The molecule has 2 aromatic rings. The number of Topliss-reactive ketones (excluding diaryl/α,β-unsaturated/α-hetero) is 1. The normalized spacial score (nSPS) is 19.2. The minimum Gasteiger partial charge on any atom is -0.496 e. The van der Waals surface area contributed by atoms with E-state index in [1.165, 1.54) is 12.8 Å². The van der Waals surface area contributed by atoms with Crippen LogP contribution in [0.15, 0.2) is 35.3 Å². The SMILES string of the molecule is COc1ccc(CNC(=O)C(C)(C)C)cc1CC1=Nc2cc(C(=O)CC3CCC(C)CC3)c(Cl)cc2C1. The molecule has 6 heteroatoms. The van der Waals surface area contributed by atoms with E-state index in [0.29, 0.717) is 42.3 Å². The van der Waals surface area contributed by atoms with Gasteiger partial charge in [-0.3, -0.25) is 14.6 Å². The smallest absolute Gasteiger partial charge is 0.225 e. The number of carbonyl (C=O) groups excluding carboxylic acids is 2. The summed E-state index contributed by atoms with van der Waals surface area (Å²) in [6, 6.07) is 9.78. The van der Waals surface area contributed by atoms with Crippen LogP contribution < -0.4 is 10.1 Å². The molecule has 0 radical (unpaired) electrons. The van der Waals surface area contributed by atoms with Crippen LogP contribution in [0.5, 0.6) is 5.75 Å². The highest BCUT2D eigenvalue weighted by Crippen LogP contribution is 2.36. The fraction of sp³-hybridized carbons (Fsp3) is 0.516. The third-order valence-electron chi connectivity index (χ3n) is 7.62. The molecule has 2 aromatic carbocycles. The maximum atomic E-state index is 13.1. The topological polar surface area (TPSA) is 67.8 Å². The monoisotopic (exact) mass is 522 g/mol. The summed E-state index contributed by atoms with van der Waals surface area (Å²) in [7, 11) is 1.66. The van der Waals surface area contributed by atoms with E-state index in [0.717, 1.165) is 52.6 Å². The molecule has 0 atom stereocenters. The van der Waals surface area contributed by atoms with E-state index >= 15 is 0 Å². The molecule has 1 fully saturated rings. The quantitative estimate of drug-likeness (QED) is 0.370. The summed E-state index contributed by atoms with van der Waals surface area (Å²) >= 11 is 6.59. The van der Waals surface area contributed by atoms with Crippen molar-refractivity contribution in [3.63, 3.8) is 0 Å². The van der Waals surface area contributed by atoms with E-state index in [1.54, 1.807) is 7.11 Å². The van der Waals surface area contributed by atoms with Gasteiger partial charge >= 0.3 is 0 Å². The Kier molecular flexibility index (Phi) is 8.42. The molecule has 0 spiro atoms. The summed E-state index contributed by atoms with van der Waals surface area (Å²) in [4.78, 5) is 30.3. The number of carbonyl (C=O) groups is 2. The second-order valence-electron chi connectivity index (χ2n) is 11.8. The van der Waals surface area contributed by atoms with Gasteiger partial charge in [0.2, 0.25) is 5.91 Å². The molecule has 37 heavy (non-hydrogen) atoms. The summed E-state index contributed by atoms with van der Waals surface area (Å²) in [6.45, 7) is 8.46. The molecule has 1 saturated carbocycles. The average molecular weight is 523 g/mol. The number of fused-ring (bicyclic) bond motifs is 1. The third kappa shape index (κ3) is 6.81. The summed E-state index contributed by atoms with van der Waals surface area (Å²) in [5.41, 5.74) is 5.09. The highest BCUT2D eigenvalue weighted by atomic mass is 35.5. The van der Waals surface area contributed by atoms with Crippen LogP contribution in [0.2, 0.25) is 5.02 Å². The lowest BCUT2D eigenvalue weighted by atomic mass is 9.80. The summed E-state index contributed by atoms with van der Waals surface area (Å²) < 4.78 is 5.61. The zero-order valence-corrected chi connectivity index (χ0v) is 23.5. The molecule has 4 rings (SSSR count). The maximum absolute atomic E-state index is 13.1. The molecule has 0 saturated heterocycles. The van der Waals surface area contributed by atoms with Gasteiger partial charge in [-0.1, -0.05) is 58.2 Å². The molecular weight excluding hydrogens is 484 g/mol. The molecule has 2 aliphatic rings. The number of methoxy groups -OCH3 is 1. The number of ether oxygens (including phenoxy) is 1. The van der Waals surface area contributed by atoms with Crippen molar-refractivity contribution >= 4 is 34.7 Å². The Morgan fingerprint density at radius 2 is 1.84 bits per heavy atom. The number of hydrogen-bond acceptors (Lipinski definition) is 4. The number of benzene rings is 2. The van der Waals surface area contributed by atoms with Gasteiger partial charge in [-0.15, -0.1) is 0 Å². The fourth-order valence-electron chi connectivity index (χ4n) is 5.25. The number of nitrogens with zero attached hydrogens (tertiary/aromatic N) is 1. The summed E-state index contributed by atoms with van der Waals surface area (Å²) in [5, 5.41) is 3.54. The highest BCUT2D eigenvalue weighted by Gasteiger charge is 2.25. The Balaban J connectivity index is 1.46. The first-order valence-corrected chi connectivity index (χ1v) is 13.8. The number of rotatable bonds is 8. The molecule has 1 N–H and O–H groups in total. The van der Waals surface area contributed by atoms with Crippen LogP contribution in [0.1, 0.15) is 86.8 Å². The van der Waals surface area contributed by atoms with E-state index in [1.807, 2.05) is 45.0 Å². The van der Waals surface area contributed by atoms with Gasteiger partial charge in [-0.25, -0.2) is 0 Å². The van der Waals surface area contributed by atoms with Crippen molar-refractivity contribution in [3.05, 3.63) is 57.6 Å². The van der Waals surface area contributed by atoms with Crippen molar-refractivity contribution < 1.29 is 14.3 Å². The van der Waals surface area contributed by atoms with Gasteiger partial charge in [-0.2, -0.15) is 0 Å². The van der Waals surface area contributed by atoms with Crippen molar-refractivity contribution in [2.45, 2.75) is 79.2 Å². The Morgan fingerprint density at radius 1 is 1.11 bits per heavy atom. The second-order valence-corrected chi connectivity index (χ2v) is 12.2. The molecule has 0 bridgehead atoms. The third-order valence-corrected chi connectivity index (χ3v) is 7.94. The predicted molar refractivity (Wildman–Crippen MR) is 150 cm³/mol. The fourth-order valence-corrected chi connectivity index (χ4v) is 5.54. The van der Waals surface area contributed by atoms with Crippen LogP contribution in [-0.4, -0.2) is 24.5 Å². The van der Waals surface area contributed by atoms with Crippen molar-refractivity contribution in [3.8, 4) is 5.75 Å². The van der Waals surface area contributed by atoms with Crippen molar-refractivity contribution in [1.82, 2.24) is 5.32 Å². The van der Waals surface area contributed by atoms with E-state index in [4.69, 9.17) is 21.3 Å². The predicted octanol–water partition coefficient (Wildman–Crippen LogP) is 7.28. The van der Waals surface area contributed by atoms with Crippen molar-refractivity contribution in [2.24, 2.45) is 22.2 Å². The lowest BCUT2D eigenvalue weighted by Crippen LogP contribution is -2.34. The molecule has 198 valence electrons. The first-order valence-electron chi connectivity index (χ1n) is 13.4. The molecule has 5 nitrogen and oxygen atoms in total. The minimum atomic E-state index is -0.434. The van der Waals surface area contributed by atoms with Crippen molar-refractivity contribution in [2.75, 3.05) is 7.11 Å². The lowest BCUT2D eigenvalue weighted by molar-refractivity contribution is -0.128. The molecule has 0 unspecified atom stereocenters. The van der Waals surface area contributed by atoms with Gasteiger partial charge in [0.25, 0.3) is 0 Å². The minimum absolute atomic E-state index is 0.0146. The Labute approximate surface area is 226 Å². The number of amides is 1. The van der Waals surface area contributed by atoms with Gasteiger partial charge in [0.05, 0.1) is 17.8 Å². The van der Waals surface area contributed by atoms with E-state index in [9.17, 15) is 9.59 Å². The average Bonchev–Trinajstić information content (AvgIpc) is 3.23. The van der Waals surface area contributed by atoms with E-state index < -0.39 is 5.41 Å². The molecule has 1 aliphatic carbocycles. The van der Waals surface area contributed by atoms with E-state index in [-0.39, 0.29) is 11.7 Å². The first-order chi connectivity index (χ1) is 17.5. The van der Waals surface area contributed by atoms with E-state index in [2.05, 4.69) is 18.3 Å². The zero-order chi connectivity index (χ0) is 26.7. The van der Waals surface area contributed by atoms with Crippen LogP contribution in [-0.2, 0) is 24.2 Å². The summed E-state index contributed by atoms with van der Waals surface area (Å²) in [5.74, 6) is 2.16.